The third-order valence-corrected chi connectivity index (χ3v) is 15.5. The van der Waals surface area contributed by atoms with Gasteiger partial charge in [0.05, 0.1) is 39.6 Å². The van der Waals surface area contributed by atoms with Crippen molar-refractivity contribution in [2.75, 3.05) is 33.0 Å². The lowest BCUT2D eigenvalue weighted by Gasteiger charge is -2.44. The molecule has 2 unspecified atom stereocenters. The van der Waals surface area contributed by atoms with Crippen molar-refractivity contribution in [2.45, 2.75) is 133 Å². The first-order valence-corrected chi connectivity index (χ1v) is 29.6. The Morgan fingerprint density at radius 2 is 0.817 bits per heavy atom. The van der Waals surface area contributed by atoms with E-state index in [2.05, 4.69) is 21.3 Å². The van der Waals surface area contributed by atoms with Gasteiger partial charge < -0.3 is 85.4 Å². The number of nitrogens with one attached hydrogen (secondary N) is 4. The summed E-state index contributed by atoms with van der Waals surface area (Å²) in [6.45, 7) is -1.26. The number of benzene rings is 3. The molecule has 3 fully saturated rings. The number of carbonyl (C=O) groups excluding carboxylic acids is 4. The Balaban J connectivity index is 1.08. The van der Waals surface area contributed by atoms with E-state index in [0.717, 1.165) is 26.3 Å². The van der Waals surface area contributed by atoms with Crippen LogP contribution in [0.15, 0.2) is 91.0 Å². The number of phosphoric ester groups is 3. The largest absolute Gasteiger partial charge is 0.475 e. The second kappa shape index (κ2) is 30.9. The lowest BCUT2D eigenvalue weighted by molar-refractivity contribution is -0.270. The number of hydrogen-bond acceptors (Lipinski definition) is 25. The van der Waals surface area contributed by atoms with Crippen molar-refractivity contribution in [3.05, 3.63) is 108 Å². The smallest absolute Gasteiger partial charge is 0.445 e. The molecule has 0 spiro atoms. The highest BCUT2D eigenvalue weighted by Crippen LogP contribution is 2.53. The van der Waals surface area contributed by atoms with Crippen LogP contribution in [0.3, 0.4) is 0 Å². The summed E-state index contributed by atoms with van der Waals surface area (Å²) in [7, 11) is -15.7. The zero-order chi connectivity index (χ0) is 59.8. The van der Waals surface area contributed by atoms with Crippen molar-refractivity contribution >= 4 is 47.3 Å². The number of rotatable bonds is 28. The summed E-state index contributed by atoms with van der Waals surface area (Å²) < 4.78 is 106. The van der Waals surface area contributed by atoms with Gasteiger partial charge in [-0.05, 0) is 16.7 Å². The van der Waals surface area contributed by atoms with Gasteiger partial charge in [0.2, 0.25) is 17.7 Å². The van der Waals surface area contributed by atoms with Crippen molar-refractivity contribution in [1.29, 1.82) is 0 Å². The van der Waals surface area contributed by atoms with E-state index < -0.39 is 159 Å². The average molecular weight is 1220 g/mol. The summed E-state index contributed by atoms with van der Waals surface area (Å²) in [5, 5.41) is 75.6. The predicted octanol–water partition coefficient (Wildman–Crippen LogP) is -0.391. The van der Waals surface area contributed by atoms with Crippen LogP contribution in [0.1, 0.15) is 37.5 Å². The highest BCUT2D eigenvalue weighted by molar-refractivity contribution is 7.48. The van der Waals surface area contributed by atoms with E-state index in [0.29, 0.717) is 11.1 Å². The van der Waals surface area contributed by atoms with E-state index in [9.17, 15) is 73.3 Å². The number of aliphatic hydroxyl groups is 6. The molecule has 3 saturated heterocycles. The zero-order valence-electron chi connectivity index (χ0n) is 44.2. The maximum atomic E-state index is 14.0. The fraction of sp³-hybridized carbons (Fsp3) is 0.542. The molecule has 0 radical (unpaired) electrons. The van der Waals surface area contributed by atoms with Gasteiger partial charge in [0.25, 0.3) is 0 Å². The first kappa shape index (κ1) is 66.4. The molecule has 3 aliphatic heterocycles. The summed E-state index contributed by atoms with van der Waals surface area (Å²) in [5.41, 5.74) is 1.85. The number of phosphoric acid groups is 3. The monoisotopic (exact) mass is 1220 g/mol. The van der Waals surface area contributed by atoms with E-state index in [1.165, 1.54) is 0 Å². The highest BCUT2D eigenvalue weighted by Gasteiger charge is 2.52. The molecule has 0 saturated carbocycles. The number of carbonyl (C=O) groups is 4. The Morgan fingerprint density at radius 1 is 0.476 bits per heavy atom. The second-order valence-electron chi connectivity index (χ2n) is 18.6. The third-order valence-electron chi connectivity index (χ3n) is 12.2. The van der Waals surface area contributed by atoms with Crippen LogP contribution in [-0.2, 0) is 103 Å². The Labute approximate surface area is 469 Å². The van der Waals surface area contributed by atoms with Crippen LogP contribution >= 0.6 is 23.5 Å². The average Bonchev–Trinajstić information content (AvgIpc) is 3.54. The summed E-state index contributed by atoms with van der Waals surface area (Å²) >= 11 is 0. The second-order valence-corrected chi connectivity index (χ2v) is 23.1. The number of aliphatic hydroxyl groups excluding tert-OH is 6. The van der Waals surface area contributed by atoms with Gasteiger partial charge in [0.15, 0.2) is 18.9 Å². The molecule has 3 aliphatic rings. The Kier molecular flexibility index (Phi) is 25.0. The van der Waals surface area contributed by atoms with Crippen molar-refractivity contribution in [3.63, 3.8) is 0 Å². The molecule has 12 N–H and O–H groups in total. The van der Waals surface area contributed by atoms with Crippen molar-refractivity contribution in [2.24, 2.45) is 0 Å². The number of amides is 4. The fourth-order valence-electron chi connectivity index (χ4n) is 8.19. The SMILES string of the molecule is CC(=O)N[C@@H]1[C@@H](OP(=O)(O)OC[C@H]2O[C@H](OCCNC(=O)OCc3ccccc3)[C@@H](NC(C)=O)[C@@H](O)[C@@H]2O)O[C@H](COP(=O)(O)O[C@H]2O[C@H](COP(=O)(OCc3ccccc3)OCc3ccccc3)[C@@H](O)[C@H](O)[C@@H]2NC(C)=O)[C@@H](O)[C@@H]1O. The standard InChI is InChI=1S/C48H67N4O27P3/c1-27(53)50-36-42(59)39(56)33(75-45(36)68-20-19-49-48(62)69-21-30-13-7-4-8-14-30)24-70-80(63,64)78-46-37(51-28(2)54)43(60)40(57)34(76-46)25-71-81(65,66)79-47-38(52-29(3)55)44(61)41(58)35(77-47)26-74-82(67,72-22-31-15-9-5-10-16-31)73-23-32-17-11-6-12-18-32/h4-18,33-47,56-61H,19-26H2,1-3H3,(H,49,62)(H,50,53)(H,51,54)(H,52,55)(H,63,64)(H,65,66)/t33-,34-,35-,36+,37+,38+,39-,40-,41-,42-,43-,44-,45+,46-,47-/m1/s1. The molecule has 82 heavy (non-hydrogen) atoms. The lowest BCUT2D eigenvalue weighted by atomic mass is 9.97. The third kappa shape index (κ3) is 20.2. The maximum Gasteiger partial charge on any atom is 0.475 e. The summed E-state index contributed by atoms with van der Waals surface area (Å²) in [6.07, 6.45) is -24.4. The molecule has 6 rings (SSSR count). The number of hydrogen-bond donors (Lipinski definition) is 12. The minimum Gasteiger partial charge on any atom is -0.445 e. The highest BCUT2D eigenvalue weighted by atomic mass is 31.2. The van der Waals surface area contributed by atoms with Crippen molar-refractivity contribution < 1.29 is 129 Å². The minimum absolute atomic E-state index is 0.0378. The summed E-state index contributed by atoms with van der Waals surface area (Å²) in [5.74, 6) is -2.43. The van der Waals surface area contributed by atoms with Gasteiger partial charge in [-0.1, -0.05) is 91.0 Å². The van der Waals surface area contributed by atoms with Gasteiger partial charge in [0, 0.05) is 27.3 Å². The Bertz CT molecular complexity index is 2630. The molecule has 17 atom stereocenters. The topological polar surface area (TPSA) is 440 Å². The molecule has 3 aromatic rings. The predicted molar refractivity (Wildman–Crippen MR) is 275 cm³/mol. The van der Waals surface area contributed by atoms with Crippen molar-refractivity contribution in [1.82, 2.24) is 21.3 Å². The molecule has 4 amide bonds. The lowest BCUT2D eigenvalue weighted by Crippen LogP contribution is -2.65. The van der Waals surface area contributed by atoms with Gasteiger partial charge in [-0.2, -0.15) is 0 Å². The summed E-state index contributed by atoms with van der Waals surface area (Å²) in [6, 6.07) is 20.6. The Morgan fingerprint density at radius 3 is 1.20 bits per heavy atom. The molecule has 0 aromatic heterocycles. The van der Waals surface area contributed by atoms with Gasteiger partial charge in [-0.3, -0.25) is 46.0 Å². The number of ether oxygens (including phenoxy) is 5. The normalized spacial score (nSPS) is 30.0. The number of alkyl carbamates (subject to hydrolysis) is 1. The Hall–Kier alpha value is -4.73. The van der Waals surface area contributed by atoms with E-state index in [1.807, 2.05) is 0 Å². The molecule has 3 heterocycles. The van der Waals surface area contributed by atoms with Crippen LogP contribution in [-0.4, -0.2) is 189 Å². The fourth-order valence-corrected chi connectivity index (χ4v) is 11.0. The molecule has 31 nitrogen and oxygen atoms in total. The van der Waals surface area contributed by atoms with Crippen LogP contribution in [0.2, 0.25) is 0 Å². The molecule has 0 aliphatic carbocycles. The first-order valence-electron chi connectivity index (χ1n) is 25.2. The quantitative estimate of drug-likeness (QED) is 0.0325. The van der Waals surface area contributed by atoms with E-state index in [4.69, 9.17) is 55.4 Å². The van der Waals surface area contributed by atoms with Gasteiger partial charge in [-0.15, -0.1) is 0 Å². The van der Waals surface area contributed by atoms with Crippen LogP contribution < -0.4 is 21.3 Å². The maximum absolute atomic E-state index is 14.0. The van der Waals surface area contributed by atoms with Crippen molar-refractivity contribution in [3.8, 4) is 0 Å². The van der Waals surface area contributed by atoms with Crippen LogP contribution in [0, 0.1) is 0 Å². The van der Waals surface area contributed by atoms with E-state index >= 15 is 0 Å². The molecular formula is C48H67N4O27P3. The molecule has 3 aromatic carbocycles. The molecule has 34 heteroatoms. The first-order chi connectivity index (χ1) is 38.8. The van der Waals surface area contributed by atoms with Crippen LogP contribution in [0.4, 0.5) is 4.79 Å². The van der Waals surface area contributed by atoms with Gasteiger partial charge >= 0.3 is 29.6 Å². The van der Waals surface area contributed by atoms with Crippen LogP contribution in [0.25, 0.3) is 0 Å². The van der Waals surface area contributed by atoms with Gasteiger partial charge in [-0.25, -0.2) is 18.5 Å². The molecule has 0 bridgehead atoms. The summed E-state index contributed by atoms with van der Waals surface area (Å²) in [4.78, 5) is 70.6. The van der Waals surface area contributed by atoms with Crippen LogP contribution in [0.5, 0.6) is 0 Å². The molecular weight excluding hydrogens is 1160 g/mol. The van der Waals surface area contributed by atoms with Gasteiger partial charge in [0.1, 0.15) is 79.7 Å². The minimum atomic E-state index is -5.59. The zero-order valence-corrected chi connectivity index (χ0v) is 46.8. The van der Waals surface area contributed by atoms with E-state index in [1.54, 1.807) is 91.0 Å². The van der Waals surface area contributed by atoms with E-state index in [-0.39, 0.29) is 33.0 Å². The molecule has 456 valence electrons.